The molecule has 2 aromatic carbocycles. The first-order chi connectivity index (χ1) is 9.16. The quantitative estimate of drug-likeness (QED) is 0.577. The first-order valence-corrected chi connectivity index (χ1v) is 7.45. The highest BCUT2D eigenvalue weighted by atomic mass is 79.9. The van der Waals surface area contributed by atoms with Crippen molar-refractivity contribution in [2.75, 3.05) is 0 Å². The van der Waals surface area contributed by atoms with Crippen molar-refractivity contribution < 1.29 is 0 Å². The van der Waals surface area contributed by atoms with Crippen molar-refractivity contribution in [3.05, 3.63) is 74.7 Å². The normalized spacial score (nSPS) is 9.42. The molecule has 0 saturated heterocycles. The van der Waals surface area contributed by atoms with E-state index in [1.54, 1.807) is 0 Å². The van der Waals surface area contributed by atoms with Crippen LogP contribution in [0, 0.1) is 18.8 Å². The largest absolute Gasteiger partial charge is 0.0766 e. The van der Waals surface area contributed by atoms with Gasteiger partial charge in [0, 0.05) is 5.56 Å². The number of rotatable bonds is 1. The molecule has 0 amide bonds. The number of benzene rings is 2. The van der Waals surface area contributed by atoms with E-state index in [0.29, 0.717) is 0 Å². The Bertz CT molecular complexity index is 637. The first kappa shape index (κ1) is 14.1. The van der Waals surface area contributed by atoms with Crippen molar-refractivity contribution in [1.29, 1.82) is 0 Å². The lowest BCUT2D eigenvalue weighted by atomic mass is 10.1. The Morgan fingerprint density at radius 3 is 2.11 bits per heavy atom. The number of aryl methyl sites for hydroxylation is 1. The van der Waals surface area contributed by atoms with Crippen LogP contribution in [0.3, 0.4) is 0 Å². The number of halogens is 2. The van der Waals surface area contributed by atoms with Gasteiger partial charge in [0.05, 0.1) is 8.96 Å². The van der Waals surface area contributed by atoms with Gasteiger partial charge in [-0.3, -0.25) is 0 Å². The Kier molecular flexibility index (Phi) is 5.01. The molecule has 0 saturated carbocycles. The van der Waals surface area contributed by atoms with Gasteiger partial charge in [0.15, 0.2) is 0 Å². The van der Waals surface area contributed by atoms with Crippen LogP contribution in [0.4, 0.5) is 0 Å². The molecular formula is C17H12Br2. The second kappa shape index (κ2) is 6.75. The topological polar surface area (TPSA) is 0 Å². The fraction of sp³-hybridized carbons (Fsp3) is 0.0588. The summed E-state index contributed by atoms with van der Waals surface area (Å²) in [6.07, 6.45) is 0. The van der Waals surface area contributed by atoms with Gasteiger partial charge in [-0.25, -0.2) is 0 Å². The lowest BCUT2D eigenvalue weighted by Gasteiger charge is -2.02. The summed E-state index contributed by atoms with van der Waals surface area (Å²) in [6.45, 7) is 2.08. The van der Waals surface area contributed by atoms with E-state index in [1.165, 1.54) is 5.56 Å². The fourth-order valence-electron chi connectivity index (χ4n) is 1.60. The summed E-state index contributed by atoms with van der Waals surface area (Å²) in [5.41, 5.74) is 4.29. The van der Waals surface area contributed by atoms with Gasteiger partial charge in [0.2, 0.25) is 0 Å². The maximum atomic E-state index is 3.46. The molecule has 0 aromatic heterocycles. The minimum atomic E-state index is 0.868. The van der Waals surface area contributed by atoms with Crippen LogP contribution in [0.15, 0.2) is 58.0 Å². The van der Waals surface area contributed by atoms with E-state index in [0.717, 1.165) is 20.1 Å². The molecule has 0 atom stereocenters. The van der Waals surface area contributed by atoms with Gasteiger partial charge in [-0.2, -0.15) is 0 Å². The molecule has 2 rings (SSSR count). The van der Waals surface area contributed by atoms with Crippen LogP contribution in [0.2, 0.25) is 0 Å². The summed E-state index contributed by atoms with van der Waals surface area (Å²) in [7, 11) is 0. The van der Waals surface area contributed by atoms with E-state index in [-0.39, 0.29) is 0 Å². The van der Waals surface area contributed by atoms with Crippen molar-refractivity contribution in [3.63, 3.8) is 0 Å². The molecular weight excluding hydrogens is 364 g/mol. The Balaban J connectivity index is 2.37. The molecule has 0 aliphatic rings. The molecule has 19 heavy (non-hydrogen) atoms. The van der Waals surface area contributed by atoms with E-state index in [9.17, 15) is 0 Å². The molecule has 0 heterocycles. The van der Waals surface area contributed by atoms with E-state index in [2.05, 4.69) is 74.9 Å². The van der Waals surface area contributed by atoms with Crippen molar-refractivity contribution in [1.82, 2.24) is 0 Å². The smallest absolute Gasteiger partial charge is 0.0622 e. The summed E-state index contributed by atoms with van der Waals surface area (Å²) in [6, 6.07) is 18.3. The van der Waals surface area contributed by atoms with Gasteiger partial charge in [-0.1, -0.05) is 59.9 Å². The fourth-order valence-corrected chi connectivity index (χ4v) is 2.26. The van der Waals surface area contributed by atoms with Crippen molar-refractivity contribution in [3.8, 4) is 11.8 Å². The third kappa shape index (κ3) is 4.09. The average molecular weight is 376 g/mol. The highest BCUT2D eigenvalue weighted by molar-refractivity contribution is 9.28. The molecule has 0 fully saturated rings. The third-order valence-electron chi connectivity index (χ3n) is 2.63. The number of hydrogen-bond donors (Lipinski definition) is 0. The van der Waals surface area contributed by atoms with Crippen LogP contribution in [0.25, 0.3) is 5.57 Å². The van der Waals surface area contributed by atoms with Gasteiger partial charge in [-0.15, -0.1) is 0 Å². The molecule has 2 heteroatoms. The maximum Gasteiger partial charge on any atom is 0.0766 e. The summed E-state index contributed by atoms with van der Waals surface area (Å²) in [5.74, 6) is 6.38. The molecule has 0 bridgehead atoms. The predicted molar refractivity (Wildman–Crippen MR) is 89.3 cm³/mol. The molecule has 0 aliphatic heterocycles. The summed E-state index contributed by atoms with van der Waals surface area (Å²) in [4.78, 5) is 0. The zero-order valence-corrected chi connectivity index (χ0v) is 13.6. The molecule has 0 unspecified atom stereocenters. The van der Waals surface area contributed by atoms with Crippen LogP contribution in [-0.2, 0) is 0 Å². The molecule has 2 aromatic rings. The minimum Gasteiger partial charge on any atom is -0.0622 e. The van der Waals surface area contributed by atoms with Gasteiger partial charge in [0.25, 0.3) is 0 Å². The van der Waals surface area contributed by atoms with Crippen LogP contribution in [0.1, 0.15) is 16.7 Å². The maximum absolute atomic E-state index is 3.46. The van der Waals surface area contributed by atoms with Crippen LogP contribution < -0.4 is 0 Å². The monoisotopic (exact) mass is 374 g/mol. The summed E-state index contributed by atoms with van der Waals surface area (Å²) in [5, 5.41) is 0. The van der Waals surface area contributed by atoms with Gasteiger partial charge in [0.1, 0.15) is 0 Å². The molecule has 0 nitrogen and oxygen atoms in total. The summed E-state index contributed by atoms with van der Waals surface area (Å²) < 4.78 is 0.868. The lowest BCUT2D eigenvalue weighted by molar-refractivity contribution is 1.46. The van der Waals surface area contributed by atoms with Crippen molar-refractivity contribution in [2.45, 2.75) is 6.92 Å². The SMILES string of the molecule is Cc1ccc(C(C#Cc2ccccc2)=C(Br)Br)cc1. The Morgan fingerprint density at radius 1 is 0.895 bits per heavy atom. The predicted octanol–water partition coefficient (Wildman–Crippen LogP) is 5.51. The molecule has 0 radical (unpaired) electrons. The number of allylic oxidation sites excluding steroid dienone is 1. The third-order valence-corrected chi connectivity index (χ3v) is 3.43. The Hall–Kier alpha value is -1.30. The van der Waals surface area contributed by atoms with Gasteiger partial charge < -0.3 is 0 Å². The Morgan fingerprint density at radius 2 is 1.53 bits per heavy atom. The van der Waals surface area contributed by atoms with Gasteiger partial charge >= 0.3 is 0 Å². The zero-order valence-electron chi connectivity index (χ0n) is 10.5. The van der Waals surface area contributed by atoms with Crippen LogP contribution in [0.5, 0.6) is 0 Å². The van der Waals surface area contributed by atoms with Gasteiger partial charge in [-0.05, 0) is 56.5 Å². The van der Waals surface area contributed by atoms with Crippen molar-refractivity contribution in [2.24, 2.45) is 0 Å². The van der Waals surface area contributed by atoms with E-state index >= 15 is 0 Å². The van der Waals surface area contributed by atoms with Crippen molar-refractivity contribution >= 4 is 37.4 Å². The first-order valence-electron chi connectivity index (χ1n) is 5.86. The zero-order chi connectivity index (χ0) is 13.7. The standard InChI is InChI=1S/C17H12Br2/c1-13-7-10-15(11-8-13)16(17(18)19)12-9-14-5-3-2-4-6-14/h2-8,10-11H,1H3. The van der Waals surface area contributed by atoms with Crippen LogP contribution in [-0.4, -0.2) is 0 Å². The summed E-state index contributed by atoms with van der Waals surface area (Å²) >= 11 is 6.93. The second-order valence-corrected chi connectivity index (χ2v) is 6.77. The molecule has 94 valence electrons. The highest BCUT2D eigenvalue weighted by Gasteiger charge is 2.02. The van der Waals surface area contributed by atoms with E-state index in [4.69, 9.17) is 0 Å². The minimum absolute atomic E-state index is 0.868. The molecule has 0 spiro atoms. The Labute approximate surface area is 130 Å². The second-order valence-electron chi connectivity index (χ2n) is 4.12. The van der Waals surface area contributed by atoms with Crippen LogP contribution >= 0.6 is 31.9 Å². The highest BCUT2D eigenvalue weighted by Crippen LogP contribution is 2.27. The molecule has 0 aliphatic carbocycles. The molecule has 0 N–H and O–H groups in total. The number of hydrogen-bond acceptors (Lipinski definition) is 0. The average Bonchev–Trinajstić information content (AvgIpc) is 2.42. The van der Waals surface area contributed by atoms with E-state index < -0.39 is 0 Å². The van der Waals surface area contributed by atoms with E-state index in [1.807, 2.05) is 30.3 Å². The lowest BCUT2D eigenvalue weighted by Crippen LogP contribution is -1.83.